The number of aromatic nitrogens is 1. The maximum Gasteiger partial charge on any atom is 0.270 e. The van der Waals surface area contributed by atoms with Gasteiger partial charge in [0.25, 0.3) is 5.69 Å². The van der Waals surface area contributed by atoms with Crippen LogP contribution in [0.5, 0.6) is 0 Å². The van der Waals surface area contributed by atoms with E-state index in [2.05, 4.69) is 0 Å². The Balaban J connectivity index is 2.06. The number of nitro groups is 1. The summed E-state index contributed by atoms with van der Waals surface area (Å²) in [5, 5.41) is 21.3. The summed E-state index contributed by atoms with van der Waals surface area (Å²) in [7, 11) is 1.79. The van der Waals surface area contributed by atoms with Crippen LogP contribution in [0.1, 0.15) is 22.0 Å². The number of fused-ring (bicyclic) bond motifs is 1. The number of nitrogens with zero attached hydrogens (tertiary/aromatic N) is 3. The van der Waals surface area contributed by atoms with E-state index in [-0.39, 0.29) is 11.3 Å². The number of non-ortho nitro benzene ring substituents is 1. The smallest absolute Gasteiger partial charge is 0.270 e. The summed E-state index contributed by atoms with van der Waals surface area (Å²) >= 11 is 0. The highest BCUT2D eigenvalue weighted by atomic mass is 16.6. The average molecular weight is 319 g/mol. The Labute approximate surface area is 137 Å². The first-order valence-corrected chi connectivity index (χ1v) is 7.25. The highest BCUT2D eigenvalue weighted by Crippen LogP contribution is 2.27. The van der Waals surface area contributed by atoms with Crippen LogP contribution in [0.3, 0.4) is 0 Å². The Morgan fingerprint density at radius 3 is 2.62 bits per heavy atom. The lowest BCUT2D eigenvalue weighted by atomic mass is 9.95. The van der Waals surface area contributed by atoms with E-state index in [1.54, 1.807) is 17.7 Å². The maximum atomic E-state index is 12.7. The summed E-state index contributed by atoms with van der Waals surface area (Å²) in [6.45, 7) is 0. The van der Waals surface area contributed by atoms with E-state index < -0.39 is 16.6 Å². The molecule has 0 bridgehead atoms. The van der Waals surface area contributed by atoms with Crippen molar-refractivity contribution < 1.29 is 9.72 Å². The normalized spacial score (nSPS) is 11.8. The molecule has 24 heavy (non-hydrogen) atoms. The number of Topliss-reactive ketones (excluding diaryl/α,β-unsaturated/α-hetero) is 1. The molecule has 118 valence electrons. The number of aryl methyl sites for hydroxylation is 1. The van der Waals surface area contributed by atoms with Crippen molar-refractivity contribution in [2.45, 2.75) is 5.92 Å². The molecule has 0 aliphatic heterocycles. The molecule has 3 rings (SSSR count). The molecule has 0 saturated heterocycles. The van der Waals surface area contributed by atoms with E-state index in [4.69, 9.17) is 0 Å². The Bertz CT molecular complexity index is 998. The molecule has 1 atom stereocenters. The van der Waals surface area contributed by atoms with E-state index in [1.165, 1.54) is 24.3 Å². The fraction of sp³-hybridized carbons (Fsp3) is 0.111. The van der Waals surface area contributed by atoms with Crippen LogP contribution in [-0.2, 0) is 7.05 Å². The van der Waals surface area contributed by atoms with Crippen LogP contribution in [0, 0.1) is 21.4 Å². The molecule has 0 aliphatic rings. The first-order chi connectivity index (χ1) is 11.5. The highest BCUT2D eigenvalue weighted by molar-refractivity contribution is 6.03. The number of hydrogen-bond donors (Lipinski definition) is 0. The second-order valence-corrected chi connectivity index (χ2v) is 5.42. The summed E-state index contributed by atoms with van der Waals surface area (Å²) in [6.07, 6.45) is 0. The van der Waals surface area contributed by atoms with Crippen molar-refractivity contribution >= 4 is 22.4 Å². The largest absolute Gasteiger partial charge is 0.346 e. The summed E-state index contributed by atoms with van der Waals surface area (Å²) in [6, 6.07) is 16.9. The predicted molar refractivity (Wildman–Crippen MR) is 88.7 cm³/mol. The molecule has 6 nitrogen and oxygen atoms in total. The van der Waals surface area contributed by atoms with Gasteiger partial charge in [-0.15, -0.1) is 0 Å². The Morgan fingerprint density at radius 1 is 1.21 bits per heavy atom. The number of benzene rings is 2. The summed E-state index contributed by atoms with van der Waals surface area (Å²) in [4.78, 5) is 23.0. The first kappa shape index (κ1) is 15.4. The third kappa shape index (κ3) is 2.52. The minimum atomic E-state index is -1.02. The number of ketones is 1. The summed E-state index contributed by atoms with van der Waals surface area (Å²) in [5.41, 5.74) is 1.46. The second-order valence-electron chi connectivity index (χ2n) is 5.42. The van der Waals surface area contributed by atoms with Gasteiger partial charge in [-0.2, -0.15) is 5.26 Å². The molecule has 3 aromatic rings. The van der Waals surface area contributed by atoms with Gasteiger partial charge in [0.05, 0.1) is 11.0 Å². The molecule has 6 heteroatoms. The molecule has 0 N–H and O–H groups in total. The van der Waals surface area contributed by atoms with Gasteiger partial charge in [-0.25, -0.2) is 0 Å². The molecule has 0 radical (unpaired) electrons. The van der Waals surface area contributed by atoms with Crippen LogP contribution in [0.2, 0.25) is 0 Å². The van der Waals surface area contributed by atoms with Gasteiger partial charge < -0.3 is 4.57 Å². The molecule has 1 unspecified atom stereocenters. The number of para-hydroxylation sites is 1. The monoisotopic (exact) mass is 319 g/mol. The van der Waals surface area contributed by atoms with E-state index in [0.29, 0.717) is 5.69 Å². The SMILES string of the molecule is Cn1c(C(C#N)C(=O)c2cccc([N+](=O)[O-])c2)cc2ccccc21. The van der Waals surface area contributed by atoms with Crippen molar-refractivity contribution in [1.82, 2.24) is 4.57 Å². The number of carbonyl (C=O) groups is 1. The topological polar surface area (TPSA) is 88.9 Å². The van der Waals surface area contributed by atoms with Gasteiger partial charge in [0.15, 0.2) is 5.78 Å². The number of rotatable bonds is 4. The van der Waals surface area contributed by atoms with Gasteiger partial charge in [-0.1, -0.05) is 30.3 Å². The molecule has 1 heterocycles. The van der Waals surface area contributed by atoms with Gasteiger partial charge in [0.1, 0.15) is 5.92 Å². The molecule has 2 aromatic carbocycles. The standard InChI is InChI=1S/C18H13N3O3/c1-20-16-8-3-2-5-12(16)10-17(20)15(11-19)18(22)13-6-4-7-14(9-13)21(23)24/h2-10,15H,1H3. The summed E-state index contributed by atoms with van der Waals surface area (Å²) in [5.74, 6) is -1.48. The second kappa shape index (κ2) is 5.97. The van der Waals surface area contributed by atoms with Gasteiger partial charge in [-0.3, -0.25) is 14.9 Å². The van der Waals surface area contributed by atoms with Crippen molar-refractivity contribution in [2.75, 3.05) is 0 Å². The summed E-state index contributed by atoms with van der Waals surface area (Å²) < 4.78 is 1.80. The lowest BCUT2D eigenvalue weighted by Gasteiger charge is -2.10. The molecule has 0 saturated carbocycles. The quantitative estimate of drug-likeness (QED) is 0.417. The molecule has 0 amide bonds. The number of carbonyl (C=O) groups excluding carboxylic acids is 1. The van der Waals surface area contributed by atoms with Gasteiger partial charge in [0, 0.05) is 36.0 Å². The molecule has 0 aliphatic carbocycles. The number of nitro benzene ring substituents is 1. The van der Waals surface area contributed by atoms with Gasteiger partial charge in [-0.05, 0) is 17.5 Å². The third-order valence-electron chi connectivity index (χ3n) is 4.02. The molecular formula is C18H13N3O3. The van der Waals surface area contributed by atoms with Crippen molar-refractivity contribution in [3.05, 3.63) is 76.0 Å². The third-order valence-corrected chi connectivity index (χ3v) is 4.02. The van der Waals surface area contributed by atoms with E-state index in [1.807, 2.05) is 30.3 Å². The molecule has 1 aromatic heterocycles. The zero-order valence-corrected chi connectivity index (χ0v) is 12.8. The fourth-order valence-electron chi connectivity index (χ4n) is 2.79. The van der Waals surface area contributed by atoms with Crippen molar-refractivity contribution in [2.24, 2.45) is 7.05 Å². The Hall–Kier alpha value is -3.46. The minimum absolute atomic E-state index is 0.154. The fourth-order valence-corrected chi connectivity index (χ4v) is 2.79. The van der Waals surface area contributed by atoms with Crippen molar-refractivity contribution in [3.63, 3.8) is 0 Å². The van der Waals surface area contributed by atoms with E-state index >= 15 is 0 Å². The molecule has 0 fully saturated rings. The Kier molecular flexibility index (Phi) is 3.84. The van der Waals surface area contributed by atoms with Gasteiger partial charge >= 0.3 is 0 Å². The lowest BCUT2D eigenvalue weighted by molar-refractivity contribution is -0.384. The minimum Gasteiger partial charge on any atom is -0.346 e. The number of nitriles is 1. The Morgan fingerprint density at radius 2 is 1.96 bits per heavy atom. The molecule has 0 spiro atoms. The van der Waals surface area contributed by atoms with Crippen LogP contribution < -0.4 is 0 Å². The first-order valence-electron chi connectivity index (χ1n) is 7.25. The number of hydrogen-bond acceptors (Lipinski definition) is 4. The van der Waals surface area contributed by atoms with Crippen LogP contribution >= 0.6 is 0 Å². The van der Waals surface area contributed by atoms with E-state index in [9.17, 15) is 20.2 Å². The molecular weight excluding hydrogens is 306 g/mol. The van der Waals surface area contributed by atoms with Crippen LogP contribution in [0.15, 0.2) is 54.6 Å². The van der Waals surface area contributed by atoms with Gasteiger partial charge in [0.2, 0.25) is 0 Å². The zero-order valence-electron chi connectivity index (χ0n) is 12.8. The van der Waals surface area contributed by atoms with E-state index in [0.717, 1.165) is 10.9 Å². The predicted octanol–water partition coefficient (Wildman–Crippen LogP) is 3.58. The zero-order chi connectivity index (χ0) is 17.3. The van der Waals surface area contributed by atoms with Crippen molar-refractivity contribution in [1.29, 1.82) is 5.26 Å². The van der Waals surface area contributed by atoms with Crippen molar-refractivity contribution in [3.8, 4) is 6.07 Å². The average Bonchev–Trinajstić information content (AvgIpc) is 2.93. The van der Waals surface area contributed by atoms with Crippen LogP contribution in [0.25, 0.3) is 10.9 Å². The lowest BCUT2D eigenvalue weighted by Crippen LogP contribution is -2.14. The van der Waals surface area contributed by atoms with Crippen LogP contribution in [-0.4, -0.2) is 15.3 Å². The highest BCUT2D eigenvalue weighted by Gasteiger charge is 2.26. The van der Waals surface area contributed by atoms with Crippen LogP contribution in [0.4, 0.5) is 5.69 Å². The maximum absolute atomic E-state index is 12.7.